The summed E-state index contributed by atoms with van der Waals surface area (Å²) in [7, 11) is 0. The van der Waals surface area contributed by atoms with Crippen LogP contribution in [-0.2, 0) is 6.61 Å². The molecule has 1 heterocycles. The Balaban J connectivity index is 2.04. The van der Waals surface area contributed by atoms with Gasteiger partial charge in [0, 0.05) is 10.4 Å². The van der Waals surface area contributed by atoms with Crippen LogP contribution < -0.4 is 10.5 Å². The van der Waals surface area contributed by atoms with E-state index in [-0.39, 0.29) is 0 Å². The van der Waals surface area contributed by atoms with Gasteiger partial charge in [-0.3, -0.25) is 0 Å². The zero-order valence-corrected chi connectivity index (χ0v) is 11.3. The molecule has 84 valence electrons. The van der Waals surface area contributed by atoms with E-state index in [0.29, 0.717) is 16.8 Å². The fraction of sp³-hybridized carbons (Fsp3) is 0.100. The summed E-state index contributed by atoms with van der Waals surface area (Å²) in [6.45, 7) is 0.397. The van der Waals surface area contributed by atoms with Crippen LogP contribution in [0.1, 0.15) is 5.69 Å². The lowest BCUT2D eigenvalue weighted by atomic mass is 10.3. The number of benzene rings is 1. The highest BCUT2D eigenvalue weighted by Gasteiger charge is 2.04. The molecule has 1 aromatic heterocycles. The molecule has 0 saturated carbocycles. The van der Waals surface area contributed by atoms with Crippen LogP contribution in [0, 0.1) is 0 Å². The SMILES string of the molecule is Nc1nc(COc2ccc(Cl)cc2Br)cs1. The molecule has 2 N–H and O–H groups in total. The number of aromatic nitrogens is 1. The molecule has 3 nitrogen and oxygen atoms in total. The van der Waals surface area contributed by atoms with Crippen LogP contribution in [0.3, 0.4) is 0 Å². The van der Waals surface area contributed by atoms with Crippen LogP contribution in [0.15, 0.2) is 28.1 Å². The summed E-state index contributed by atoms with van der Waals surface area (Å²) in [4.78, 5) is 4.10. The molecule has 0 amide bonds. The fourth-order valence-electron chi connectivity index (χ4n) is 1.13. The first kappa shape index (κ1) is 11.7. The second-order valence-electron chi connectivity index (χ2n) is 3.04. The summed E-state index contributed by atoms with van der Waals surface area (Å²) in [5, 5.41) is 3.09. The van der Waals surface area contributed by atoms with E-state index >= 15 is 0 Å². The van der Waals surface area contributed by atoms with Gasteiger partial charge in [0.25, 0.3) is 0 Å². The molecule has 0 atom stereocenters. The zero-order valence-electron chi connectivity index (χ0n) is 8.11. The topological polar surface area (TPSA) is 48.1 Å². The number of hydrogen-bond acceptors (Lipinski definition) is 4. The maximum atomic E-state index is 5.82. The normalized spacial score (nSPS) is 10.4. The molecule has 0 aliphatic heterocycles. The van der Waals surface area contributed by atoms with Crippen LogP contribution in [0.25, 0.3) is 0 Å². The number of thiazole rings is 1. The van der Waals surface area contributed by atoms with Crippen molar-refractivity contribution >= 4 is 44.0 Å². The Morgan fingerprint density at radius 3 is 2.94 bits per heavy atom. The van der Waals surface area contributed by atoms with Crippen molar-refractivity contribution < 1.29 is 4.74 Å². The van der Waals surface area contributed by atoms with Gasteiger partial charge in [-0.25, -0.2) is 4.98 Å². The highest BCUT2D eigenvalue weighted by molar-refractivity contribution is 9.10. The third-order valence-corrected chi connectivity index (χ3v) is 3.42. The summed E-state index contributed by atoms with van der Waals surface area (Å²) in [5.41, 5.74) is 6.35. The van der Waals surface area contributed by atoms with Crippen LogP contribution in [0.5, 0.6) is 5.75 Å². The van der Waals surface area contributed by atoms with Gasteiger partial charge in [0.15, 0.2) is 5.13 Å². The van der Waals surface area contributed by atoms with Crippen LogP contribution in [-0.4, -0.2) is 4.98 Å². The summed E-state index contributed by atoms with van der Waals surface area (Å²) in [6, 6.07) is 5.37. The lowest BCUT2D eigenvalue weighted by molar-refractivity contribution is 0.300. The number of hydrogen-bond donors (Lipinski definition) is 1. The Morgan fingerprint density at radius 2 is 2.31 bits per heavy atom. The average molecular weight is 320 g/mol. The van der Waals surface area contributed by atoms with E-state index in [4.69, 9.17) is 22.1 Å². The molecule has 6 heteroatoms. The van der Waals surface area contributed by atoms with Crippen molar-refractivity contribution in [2.75, 3.05) is 5.73 Å². The number of rotatable bonds is 3. The van der Waals surface area contributed by atoms with Gasteiger partial charge in [0.05, 0.1) is 10.2 Å². The van der Waals surface area contributed by atoms with E-state index < -0.39 is 0 Å². The van der Waals surface area contributed by atoms with Crippen molar-refractivity contribution in [1.82, 2.24) is 4.98 Å². The second-order valence-corrected chi connectivity index (χ2v) is 5.22. The molecule has 0 saturated heterocycles. The van der Waals surface area contributed by atoms with Gasteiger partial charge in [-0.15, -0.1) is 11.3 Å². The number of halogens is 2. The minimum atomic E-state index is 0.397. The lowest BCUT2D eigenvalue weighted by Gasteiger charge is -2.06. The molecular weight excluding hydrogens is 312 g/mol. The van der Waals surface area contributed by atoms with E-state index in [9.17, 15) is 0 Å². The molecule has 0 unspecified atom stereocenters. The van der Waals surface area contributed by atoms with Crippen molar-refractivity contribution in [2.45, 2.75) is 6.61 Å². The smallest absolute Gasteiger partial charge is 0.180 e. The number of nitrogen functional groups attached to an aromatic ring is 1. The predicted molar refractivity (Wildman–Crippen MR) is 70.0 cm³/mol. The van der Waals surface area contributed by atoms with E-state index in [1.54, 1.807) is 12.1 Å². The van der Waals surface area contributed by atoms with Gasteiger partial charge < -0.3 is 10.5 Å². The van der Waals surface area contributed by atoms with Gasteiger partial charge in [-0.05, 0) is 34.1 Å². The summed E-state index contributed by atoms with van der Waals surface area (Å²) < 4.78 is 6.40. The fourth-order valence-corrected chi connectivity index (χ4v) is 2.48. The highest BCUT2D eigenvalue weighted by atomic mass is 79.9. The van der Waals surface area contributed by atoms with Gasteiger partial charge in [-0.1, -0.05) is 11.6 Å². The first-order chi connectivity index (χ1) is 7.65. The number of nitrogens with two attached hydrogens (primary N) is 1. The maximum Gasteiger partial charge on any atom is 0.180 e. The minimum absolute atomic E-state index is 0.397. The Bertz CT molecular complexity index is 503. The molecule has 1 aromatic carbocycles. The Morgan fingerprint density at radius 1 is 1.50 bits per heavy atom. The first-order valence-electron chi connectivity index (χ1n) is 4.43. The van der Waals surface area contributed by atoms with E-state index in [1.807, 2.05) is 11.4 Å². The Labute approximate surface area is 110 Å². The molecule has 0 bridgehead atoms. The first-order valence-corrected chi connectivity index (χ1v) is 6.48. The monoisotopic (exact) mass is 318 g/mol. The quantitative estimate of drug-likeness (QED) is 0.938. The summed E-state index contributed by atoms with van der Waals surface area (Å²) in [6.07, 6.45) is 0. The van der Waals surface area contributed by atoms with Crippen molar-refractivity contribution in [1.29, 1.82) is 0 Å². The molecular formula is C10H8BrClN2OS. The van der Waals surface area contributed by atoms with Crippen molar-refractivity contribution in [3.05, 3.63) is 38.8 Å². The molecule has 2 aromatic rings. The van der Waals surface area contributed by atoms with Crippen molar-refractivity contribution in [3.8, 4) is 5.75 Å². The summed E-state index contributed by atoms with van der Waals surface area (Å²) in [5.74, 6) is 0.732. The largest absolute Gasteiger partial charge is 0.486 e. The Hall–Kier alpha value is -0.780. The van der Waals surface area contributed by atoms with E-state index in [2.05, 4.69) is 20.9 Å². The minimum Gasteiger partial charge on any atom is -0.486 e. The number of anilines is 1. The van der Waals surface area contributed by atoms with Crippen molar-refractivity contribution in [3.63, 3.8) is 0 Å². The molecule has 0 radical (unpaired) electrons. The zero-order chi connectivity index (χ0) is 11.5. The van der Waals surface area contributed by atoms with Gasteiger partial charge in [0.1, 0.15) is 12.4 Å². The van der Waals surface area contributed by atoms with E-state index in [0.717, 1.165) is 15.9 Å². The number of ether oxygens (including phenoxy) is 1. The average Bonchev–Trinajstić information content (AvgIpc) is 2.63. The van der Waals surface area contributed by atoms with Crippen LogP contribution >= 0.6 is 38.9 Å². The van der Waals surface area contributed by atoms with Gasteiger partial charge >= 0.3 is 0 Å². The third-order valence-electron chi connectivity index (χ3n) is 1.84. The molecule has 0 spiro atoms. The third kappa shape index (κ3) is 2.87. The molecule has 0 aliphatic carbocycles. The maximum absolute atomic E-state index is 5.82. The lowest BCUT2D eigenvalue weighted by Crippen LogP contribution is -1.96. The second kappa shape index (κ2) is 5.03. The molecule has 16 heavy (non-hydrogen) atoms. The van der Waals surface area contributed by atoms with Crippen LogP contribution in [0.2, 0.25) is 5.02 Å². The molecule has 0 fully saturated rings. The predicted octanol–water partition coefficient (Wildman–Crippen LogP) is 3.72. The van der Waals surface area contributed by atoms with Crippen molar-refractivity contribution in [2.24, 2.45) is 0 Å². The summed E-state index contributed by atoms with van der Waals surface area (Å²) >= 11 is 10.6. The van der Waals surface area contributed by atoms with Crippen LogP contribution in [0.4, 0.5) is 5.13 Å². The molecule has 0 aliphatic rings. The van der Waals surface area contributed by atoms with Gasteiger partial charge in [0.2, 0.25) is 0 Å². The highest BCUT2D eigenvalue weighted by Crippen LogP contribution is 2.28. The Kier molecular flexibility index (Phi) is 3.68. The van der Waals surface area contributed by atoms with E-state index in [1.165, 1.54) is 11.3 Å². The van der Waals surface area contributed by atoms with Gasteiger partial charge in [-0.2, -0.15) is 0 Å². The standard InChI is InChI=1S/C10H8BrClN2OS/c11-8-3-6(12)1-2-9(8)15-4-7-5-16-10(13)14-7/h1-3,5H,4H2,(H2,13,14). The number of nitrogens with zero attached hydrogens (tertiary/aromatic N) is 1. The molecule has 2 rings (SSSR count).